The molecule has 28 heavy (non-hydrogen) atoms. The van der Waals surface area contributed by atoms with Crippen molar-refractivity contribution in [1.29, 1.82) is 0 Å². The lowest BCUT2D eigenvalue weighted by Gasteiger charge is -2.24. The fraction of sp³-hybridized carbons (Fsp3) is 0.913. The SMILES string of the molecule is CCC1CC(C(=O)OCC(COC(=O)C2CC3CCCCC3C2)OC)CC1C. The van der Waals surface area contributed by atoms with E-state index in [1.165, 1.54) is 25.7 Å². The summed E-state index contributed by atoms with van der Waals surface area (Å²) in [6.45, 7) is 4.72. The summed E-state index contributed by atoms with van der Waals surface area (Å²) >= 11 is 0. The topological polar surface area (TPSA) is 61.8 Å². The Balaban J connectivity index is 1.37. The van der Waals surface area contributed by atoms with Crippen LogP contribution in [0, 0.1) is 35.5 Å². The van der Waals surface area contributed by atoms with Gasteiger partial charge in [0.1, 0.15) is 19.3 Å². The van der Waals surface area contributed by atoms with E-state index in [4.69, 9.17) is 14.2 Å². The highest BCUT2D eigenvalue weighted by Gasteiger charge is 2.40. The van der Waals surface area contributed by atoms with Crippen molar-refractivity contribution in [3.05, 3.63) is 0 Å². The number of fused-ring (bicyclic) bond motifs is 1. The van der Waals surface area contributed by atoms with Crippen molar-refractivity contribution in [3.63, 3.8) is 0 Å². The van der Waals surface area contributed by atoms with Gasteiger partial charge in [0, 0.05) is 7.11 Å². The molecule has 5 nitrogen and oxygen atoms in total. The van der Waals surface area contributed by atoms with Crippen LogP contribution in [0.15, 0.2) is 0 Å². The molecule has 0 aromatic heterocycles. The van der Waals surface area contributed by atoms with E-state index in [0.29, 0.717) is 23.7 Å². The molecule has 6 unspecified atom stereocenters. The van der Waals surface area contributed by atoms with E-state index >= 15 is 0 Å². The first kappa shape index (κ1) is 21.6. The van der Waals surface area contributed by atoms with Crippen molar-refractivity contribution >= 4 is 11.9 Å². The van der Waals surface area contributed by atoms with Crippen LogP contribution in [0.4, 0.5) is 0 Å². The quantitative estimate of drug-likeness (QED) is 0.572. The van der Waals surface area contributed by atoms with Crippen LogP contribution in [0.2, 0.25) is 0 Å². The Morgan fingerprint density at radius 1 is 0.893 bits per heavy atom. The number of carbonyl (C=O) groups is 2. The molecular formula is C23H38O5. The molecule has 3 rings (SSSR count). The predicted molar refractivity (Wildman–Crippen MR) is 107 cm³/mol. The zero-order chi connectivity index (χ0) is 20.1. The van der Waals surface area contributed by atoms with Crippen LogP contribution in [0.25, 0.3) is 0 Å². The lowest BCUT2D eigenvalue weighted by atomic mass is 9.82. The Bertz CT molecular complexity index is 519. The predicted octanol–water partition coefficient (Wildman–Crippen LogP) is 4.38. The van der Waals surface area contributed by atoms with Crippen LogP contribution in [0.3, 0.4) is 0 Å². The van der Waals surface area contributed by atoms with Gasteiger partial charge < -0.3 is 14.2 Å². The molecule has 6 atom stereocenters. The van der Waals surface area contributed by atoms with Gasteiger partial charge in [-0.15, -0.1) is 0 Å². The van der Waals surface area contributed by atoms with Gasteiger partial charge in [0.2, 0.25) is 0 Å². The summed E-state index contributed by atoms with van der Waals surface area (Å²) in [6.07, 6.45) is 9.66. The number of hydrogen-bond acceptors (Lipinski definition) is 5. The van der Waals surface area contributed by atoms with E-state index in [2.05, 4.69) is 13.8 Å². The zero-order valence-electron chi connectivity index (χ0n) is 17.9. The summed E-state index contributed by atoms with van der Waals surface area (Å²) in [6, 6.07) is 0. The first-order valence-corrected chi connectivity index (χ1v) is 11.4. The van der Waals surface area contributed by atoms with E-state index in [1.54, 1.807) is 7.11 Å². The van der Waals surface area contributed by atoms with Gasteiger partial charge >= 0.3 is 11.9 Å². The Kier molecular flexibility index (Phi) is 7.78. The molecule has 5 heteroatoms. The molecule has 0 saturated heterocycles. The highest BCUT2D eigenvalue weighted by molar-refractivity contribution is 5.73. The first-order valence-electron chi connectivity index (χ1n) is 11.4. The van der Waals surface area contributed by atoms with Crippen LogP contribution in [0.1, 0.15) is 71.6 Å². The number of rotatable bonds is 8. The molecule has 0 radical (unpaired) electrons. The summed E-state index contributed by atoms with van der Waals surface area (Å²) in [4.78, 5) is 24.9. The normalized spacial score (nSPS) is 36.0. The third-order valence-electron chi connectivity index (χ3n) is 7.64. The first-order chi connectivity index (χ1) is 13.5. The molecule has 0 amide bonds. The maximum atomic E-state index is 12.5. The minimum absolute atomic E-state index is 0.00170. The summed E-state index contributed by atoms with van der Waals surface area (Å²) in [7, 11) is 1.57. The standard InChI is InChI=1S/C23H38O5/c1-4-16-10-19(9-15(16)2)22(24)27-13-21(26-3)14-28-23(25)20-11-17-7-5-6-8-18(17)12-20/h15-21H,4-14H2,1-3H3. The number of ether oxygens (including phenoxy) is 3. The Labute approximate surface area is 169 Å². The second-order valence-electron chi connectivity index (χ2n) is 9.40. The fourth-order valence-electron chi connectivity index (χ4n) is 5.79. The summed E-state index contributed by atoms with van der Waals surface area (Å²) in [5.41, 5.74) is 0. The van der Waals surface area contributed by atoms with Crippen LogP contribution < -0.4 is 0 Å². The van der Waals surface area contributed by atoms with Crippen molar-refractivity contribution in [2.45, 2.75) is 77.7 Å². The molecule has 0 spiro atoms. The largest absolute Gasteiger partial charge is 0.463 e. The van der Waals surface area contributed by atoms with Gasteiger partial charge in [0.25, 0.3) is 0 Å². The van der Waals surface area contributed by atoms with Crippen LogP contribution in [-0.4, -0.2) is 38.4 Å². The molecule has 3 aliphatic rings. The minimum Gasteiger partial charge on any atom is -0.463 e. The Morgan fingerprint density at radius 2 is 1.43 bits per heavy atom. The lowest BCUT2D eigenvalue weighted by Crippen LogP contribution is -2.30. The second kappa shape index (κ2) is 10.1. The molecule has 3 fully saturated rings. The fourth-order valence-corrected chi connectivity index (χ4v) is 5.79. The summed E-state index contributed by atoms with van der Waals surface area (Å²) in [5.74, 6) is 2.44. The van der Waals surface area contributed by atoms with Gasteiger partial charge in [-0.25, -0.2) is 0 Å². The monoisotopic (exact) mass is 394 g/mol. The zero-order valence-corrected chi connectivity index (χ0v) is 17.9. The van der Waals surface area contributed by atoms with Gasteiger partial charge in [-0.05, 0) is 49.4 Å². The lowest BCUT2D eigenvalue weighted by molar-refractivity contribution is -0.158. The van der Waals surface area contributed by atoms with Crippen LogP contribution >= 0.6 is 0 Å². The molecule has 160 valence electrons. The number of esters is 2. The second-order valence-corrected chi connectivity index (χ2v) is 9.40. The Hall–Kier alpha value is -1.10. The highest BCUT2D eigenvalue weighted by Crippen LogP contribution is 2.45. The van der Waals surface area contributed by atoms with Crippen molar-refractivity contribution < 1.29 is 23.8 Å². The molecule has 0 N–H and O–H groups in total. The average Bonchev–Trinajstić information content (AvgIpc) is 3.30. The smallest absolute Gasteiger partial charge is 0.309 e. The van der Waals surface area contributed by atoms with Gasteiger partial charge in [-0.2, -0.15) is 0 Å². The van der Waals surface area contributed by atoms with E-state index in [0.717, 1.165) is 32.1 Å². The molecule has 3 aliphatic carbocycles. The minimum atomic E-state index is -0.391. The molecule has 0 bridgehead atoms. The molecule has 0 aromatic carbocycles. The van der Waals surface area contributed by atoms with Crippen molar-refractivity contribution in [3.8, 4) is 0 Å². The number of hydrogen-bond donors (Lipinski definition) is 0. The van der Waals surface area contributed by atoms with Gasteiger partial charge in [-0.3, -0.25) is 9.59 Å². The summed E-state index contributed by atoms with van der Waals surface area (Å²) in [5, 5.41) is 0. The summed E-state index contributed by atoms with van der Waals surface area (Å²) < 4.78 is 16.4. The van der Waals surface area contributed by atoms with Gasteiger partial charge in [0.05, 0.1) is 11.8 Å². The maximum Gasteiger partial charge on any atom is 0.309 e. The van der Waals surface area contributed by atoms with Crippen LogP contribution in [0.5, 0.6) is 0 Å². The van der Waals surface area contributed by atoms with Gasteiger partial charge in [0.15, 0.2) is 0 Å². The van der Waals surface area contributed by atoms with E-state index < -0.39 is 6.10 Å². The molecule has 3 saturated carbocycles. The highest BCUT2D eigenvalue weighted by atomic mass is 16.6. The van der Waals surface area contributed by atoms with Crippen LogP contribution in [-0.2, 0) is 23.8 Å². The van der Waals surface area contributed by atoms with E-state index in [9.17, 15) is 9.59 Å². The average molecular weight is 395 g/mol. The number of methoxy groups -OCH3 is 1. The molecule has 0 heterocycles. The third kappa shape index (κ3) is 5.28. The van der Waals surface area contributed by atoms with Crippen molar-refractivity contribution in [1.82, 2.24) is 0 Å². The molecular weight excluding hydrogens is 356 g/mol. The van der Waals surface area contributed by atoms with Gasteiger partial charge in [-0.1, -0.05) is 46.0 Å². The van der Waals surface area contributed by atoms with Crippen molar-refractivity contribution in [2.24, 2.45) is 35.5 Å². The molecule has 0 aliphatic heterocycles. The third-order valence-corrected chi connectivity index (χ3v) is 7.64. The van der Waals surface area contributed by atoms with E-state index in [-0.39, 0.29) is 37.0 Å². The number of carbonyl (C=O) groups excluding carboxylic acids is 2. The maximum absolute atomic E-state index is 12.5. The van der Waals surface area contributed by atoms with Crippen molar-refractivity contribution in [2.75, 3.05) is 20.3 Å². The Morgan fingerprint density at radius 3 is 1.89 bits per heavy atom. The molecule has 0 aromatic rings. The van der Waals surface area contributed by atoms with E-state index in [1.807, 2.05) is 0 Å².